The van der Waals surface area contributed by atoms with E-state index in [1.54, 1.807) is 6.07 Å². The molecule has 13 heavy (non-hydrogen) atoms. The fourth-order valence-electron chi connectivity index (χ4n) is 0.947. The first-order valence-electron chi connectivity index (χ1n) is 4.15. The number of hydrogen-bond donors (Lipinski definition) is 2. The zero-order chi connectivity index (χ0) is 10.1. The minimum Gasteiger partial charge on any atom is -0.391 e. The van der Waals surface area contributed by atoms with Crippen LogP contribution in [0.2, 0.25) is 0 Å². The van der Waals surface area contributed by atoms with E-state index in [0.717, 1.165) is 5.69 Å². The molecule has 0 fully saturated rings. The molecule has 0 aliphatic heterocycles. The third-order valence-corrected chi connectivity index (χ3v) is 1.82. The van der Waals surface area contributed by atoms with Crippen molar-refractivity contribution in [3.05, 3.63) is 27.7 Å². The summed E-state index contributed by atoms with van der Waals surface area (Å²) in [5, 5.41) is 15.1. The van der Waals surface area contributed by atoms with Crippen LogP contribution in [0, 0.1) is 0 Å². The molecule has 1 aromatic rings. The maximum atomic E-state index is 11.1. The lowest BCUT2D eigenvalue weighted by atomic mass is 9.91. The van der Waals surface area contributed by atoms with Crippen LogP contribution in [-0.4, -0.2) is 15.3 Å². The fraction of sp³-hybridized carbons (Fsp3) is 0.556. The molecule has 0 unspecified atom stereocenters. The number of aromatic nitrogens is 2. The molecule has 0 atom stereocenters. The van der Waals surface area contributed by atoms with Crippen LogP contribution in [0.4, 0.5) is 0 Å². The molecular weight excluding hydrogens is 168 g/mol. The Labute approximate surface area is 76.6 Å². The van der Waals surface area contributed by atoms with Gasteiger partial charge in [0.15, 0.2) is 0 Å². The standard InChI is InChI=1S/C9H14N2O2/c1-9(2,3)7-4-6(5-12)8(13)11-10-7/h4,12H,5H2,1-3H3,(H,11,13). The average Bonchev–Trinajstić information content (AvgIpc) is 2.03. The van der Waals surface area contributed by atoms with E-state index in [1.165, 1.54) is 0 Å². The van der Waals surface area contributed by atoms with Crippen molar-refractivity contribution < 1.29 is 5.11 Å². The largest absolute Gasteiger partial charge is 0.391 e. The van der Waals surface area contributed by atoms with Crippen molar-refractivity contribution in [3.63, 3.8) is 0 Å². The van der Waals surface area contributed by atoms with Gasteiger partial charge in [-0.25, -0.2) is 5.10 Å². The second kappa shape index (κ2) is 3.30. The minimum absolute atomic E-state index is 0.117. The van der Waals surface area contributed by atoms with Crippen molar-refractivity contribution in [2.45, 2.75) is 32.8 Å². The molecule has 0 saturated carbocycles. The van der Waals surface area contributed by atoms with Gasteiger partial charge in [-0.2, -0.15) is 5.10 Å². The predicted octanol–water partition coefficient (Wildman–Crippen LogP) is 0.560. The molecule has 4 nitrogen and oxygen atoms in total. The maximum absolute atomic E-state index is 11.1. The zero-order valence-corrected chi connectivity index (χ0v) is 8.09. The quantitative estimate of drug-likeness (QED) is 0.667. The molecule has 1 aromatic heterocycles. The SMILES string of the molecule is CC(C)(C)c1cc(CO)c(=O)[nH]n1. The van der Waals surface area contributed by atoms with Crippen LogP contribution in [0.25, 0.3) is 0 Å². The Morgan fingerprint density at radius 1 is 1.54 bits per heavy atom. The van der Waals surface area contributed by atoms with E-state index in [0.29, 0.717) is 5.56 Å². The van der Waals surface area contributed by atoms with Crippen molar-refractivity contribution in [2.24, 2.45) is 0 Å². The van der Waals surface area contributed by atoms with Gasteiger partial charge in [-0.05, 0) is 6.07 Å². The second-order valence-electron chi connectivity index (χ2n) is 4.02. The summed E-state index contributed by atoms with van der Waals surface area (Å²) < 4.78 is 0. The summed E-state index contributed by atoms with van der Waals surface area (Å²) in [6.07, 6.45) is 0. The van der Waals surface area contributed by atoms with Crippen LogP contribution in [0.5, 0.6) is 0 Å². The minimum atomic E-state index is -0.324. The van der Waals surface area contributed by atoms with Crippen molar-refractivity contribution in [3.8, 4) is 0 Å². The molecule has 0 radical (unpaired) electrons. The van der Waals surface area contributed by atoms with E-state index in [-0.39, 0.29) is 17.6 Å². The molecular formula is C9H14N2O2. The third-order valence-electron chi connectivity index (χ3n) is 1.82. The van der Waals surface area contributed by atoms with Gasteiger partial charge in [0, 0.05) is 11.0 Å². The molecule has 2 N–H and O–H groups in total. The summed E-state index contributed by atoms with van der Waals surface area (Å²) in [5.41, 5.74) is 0.695. The summed E-state index contributed by atoms with van der Waals surface area (Å²) >= 11 is 0. The number of nitrogens with one attached hydrogen (secondary N) is 1. The number of H-pyrrole nitrogens is 1. The Hall–Kier alpha value is -1.16. The van der Waals surface area contributed by atoms with Crippen molar-refractivity contribution in [1.82, 2.24) is 10.2 Å². The van der Waals surface area contributed by atoms with Crippen LogP contribution >= 0.6 is 0 Å². The fourth-order valence-corrected chi connectivity index (χ4v) is 0.947. The highest BCUT2D eigenvalue weighted by Gasteiger charge is 2.16. The Balaban J connectivity index is 3.22. The maximum Gasteiger partial charge on any atom is 0.269 e. The van der Waals surface area contributed by atoms with Crippen LogP contribution < -0.4 is 5.56 Å². The van der Waals surface area contributed by atoms with Gasteiger partial charge in [0.1, 0.15) is 0 Å². The lowest BCUT2D eigenvalue weighted by Crippen LogP contribution is -2.21. The van der Waals surface area contributed by atoms with Gasteiger partial charge in [0.25, 0.3) is 5.56 Å². The van der Waals surface area contributed by atoms with Gasteiger partial charge < -0.3 is 5.11 Å². The molecule has 0 aliphatic rings. The van der Waals surface area contributed by atoms with Gasteiger partial charge in [-0.3, -0.25) is 4.79 Å². The molecule has 0 aromatic carbocycles. The highest BCUT2D eigenvalue weighted by molar-refractivity contribution is 5.17. The summed E-state index contributed by atoms with van der Waals surface area (Å²) in [6.45, 7) is 5.74. The Bertz CT molecular complexity index is 349. The van der Waals surface area contributed by atoms with Crippen LogP contribution in [0.15, 0.2) is 10.9 Å². The molecule has 0 spiro atoms. The third kappa shape index (κ3) is 2.15. The van der Waals surface area contributed by atoms with Crippen LogP contribution in [0.1, 0.15) is 32.0 Å². The van der Waals surface area contributed by atoms with Crippen molar-refractivity contribution in [2.75, 3.05) is 0 Å². The van der Waals surface area contributed by atoms with Gasteiger partial charge in [-0.15, -0.1) is 0 Å². The first-order valence-corrected chi connectivity index (χ1v) is 4.15. The Morgan fingerprint density at radius 2 is 2.15 bits per heavy atom. The number of aliphatic hydroxyl groups is 1. The molecule has 72 valence electrons. The van der Waals surface area contributed by atoms with Crippen molar-refractivity contribution in [1.29, 1.82) is 0 Å². The smallest absolute Gasteiger partial charge is 0.269 e. The van der Waals surface area contributed by atoms with Crippen LogP contribution in [-0.2, 0) is 12.0 Å². The average molecular weight is 182 g/mol. The van der Waals surface area contributed by atoms with Gasteiger partial charge in [0.05, 0.1) is 12.3 Å². The number of nitrogens with zero attached hydrogens (tertiary/aromatic N) is 1. The summed E-state index contributed by atoms with van der Waals surface area (Å²) in [4.78, 5) is 11.1. The topological polar surface area (TPSA) is 66.0 Å². The lowest BCUT2D eigenvalue weighted by molar-refractivity contribution is 0.279. The number of aliphatic hydroxyl groups excluding tert-OH is 1. The van der Waals surface area contributed by atoms with E-state index >= 15 is 0 Å². The Morgan fingerprint density at radius 3 is 2.62 bits per heavy atom. The van der Waals surface area contributed by atoms with Crippen molar-refractivity contribution >= 4 is 0 Å². The molecule has 4 heteroatoms. The highest BCUT2D eigenvalue weighted by atomic mass is 16.3. The predicted molar refractivity (Wildman–Crippen MR) is 49.5 cm³/mol. The van der Waals surface area contributed by atoms with E-state index in [9.17, 15) is 4.79 Å². The number of hydrogen-bond acceptors (Lipinski definition) is 3. The van der Waals surface area contributed by atoms with Gasteiger partial charge in [0.2, 0.25) is 0 Å². The van der Waals surface area contributed by atoms with Crippen LogP contribution in [0.3, 0.4) is 0 Å². The molecule has 0 bridgehead atoms. The lowest BCUT2D eigenvalue weighted by Gasteiger charge is -2.16. The highest BCUT2D eigenvalue weighted by Crippen LogP contribution is 2.18. The monoisotopic (exact) mass is 182 g/mol. The molecule has 0 amide bonds. The summed E-state index contributed by atoms with van der Waals surface area (Å²) in [5.74, 6) is 0. The Kier molecular flexibility index (Phi) is 2.52. The molecule has 1 rings (SSSR count). The number of aromatic amines is 1. The second-order valence-corrected chi connectivity index (χ2v) is 4.02. The van der Waals surface area contributed by atoms with E-state index in [2.05, 4.69) is 10.2 Å². The first-order chi connectivity index (χ1) is 5.95. The van der Waals surface area contributed by atoms with E-state index in [4.69, 9.17) is 5.11 Å². The summed E-state index contributed by atoms with van der Waals surface area (Å²) in [6, 6.07) is 1.64. The molecule has 0 saturated heterocycles. The molecule has 1 heterocycles. The zero-order valence-electron chi connectivity index (χ0n) is 8.09. The first kappa shape index (κ1) is 9.92. The summed E-state index contributed by atoms with van der Waals surface area (Å²) in [7, 11) is 0. The molecule has 0 aliphatic carbocycles. The van der Waals surface area contributed by atoms with Gasteiger partial charge in [-0.1, -0.05) is 20.8 Å². The van der Waals surface area contributed by atoms with E-state index in [1.807, 2.05) is 20.8 Å². The van der Waals surface area contributed by atoms with E-state index < -0.39 is 0 Å². The van der Waals surface area contributed by atoms with Gasteiger partial charge >= 0.3 is 0 Å². The normalized spacial score (nSPS) is 11.7. The number of rotatable bonds is 1.